The Balaban J connectivity index is 1.29. The van der Waals surface area contributed by atoms with E-state index < -0.39 is 14.2 Å². The number of hydrogen-bond donors (Lipinski definition) is 2. The number of aromatic nitrogens is 4. The average Bonchev–Trinajstić information content (AvgIpc) is 3.68. The Morgan fingerprint density at radius 1 is 1.06 bits per heavy atom. The zero-order valence-electron chi connectivity index (χ0n) is 27.8. The first-order valence-corrected chi connectivity index (χ1v) is 19.7. The molecule has 0 radical (unpaired) electrons. The van der Waals surface area contributed by atoms with Gasteiger partial charge in [0, 0.05) is 44.9 Å². The Bertz CT molecular complexity index is 1760. The largest absolute Gasteiger partial charge is 0.444 e. The average molecular weight is 679 g/mol. The number of carbonyl (C=O) groups excluding carboxylic acids is 2. The van der Waals surface area contributed by atoms with Crippen molar-refractivity contribution in [1.82, 2.24) is 19.9 Å². The first kappa shape index (κ1) is 33.0. The van der Waals surface area contributed by atoms with Crippen LogP contribution in [0.1, 0.15) is 51.0 Å². The van der Waals surface area contributed by atoms with Gasteiger partial charge >= 0.3 is 0 Å². The van der Waals surface area contributed by atoms with Gasteiger partial charge in [-0.25, -0.2) is 15.0 Å². The van der Waals surface area contributed by atoms with Crippen molar-refractivity contribution < 1.29 is 23.2 Å². The maximum Gasteiger partial charge on any atom is 0.277 e. The number of fused-ring (bicyclic) bond motifs is 1. The lowest BCUT2D eigenvalue weighted by molar-refractivity contribution is -0.114. The molecule has 250 valence electrons. The van der Waals surface area contributed by atoms with Gasteiger partial charge in [-0.05, 0) is 49.2 Å². The van der Waals surface area contributed by atoms with Crippen molar-refractivity contribution in [3.63, 3.8) is 0 Å². The van der Waals surface area contributed by atoms with E-state index >= 15 is 0 Å². The number of carbonyl (C=O) groups is 2. The molecule has 6 heterocycles. The van der Waals surface area contributed by atoms with Crippen molar-refractivity contribution in [2.45, 2.75) is 64.8 Å². The molecule has 0 saturated carbocycles. The lowest BCUT2D eigenvalue weighted by atomic mass is 10.1. The third-order valence-corrected chi connectivity index (χ3v) is 14.5. The summed E-state index contributed by atoms with van der Waals surface area (Å²) in [6, 6.07) is 5.29. The van der Waals surface area contributed by atoms with E-state index in [1.165, 1.54) is 13.2 Å². The van der Waals surface area contributed by atoms with Gasteiger partial charge in [0.25, 0.3) is 5.91 Å². The second kappa shape index (κ2) is 13.3. The molecule has 2 amide bonds. The molecule has 2 aliphatic rings. The van der Waals surface area contributed by atoms with Gasteiger partial charge in [0.05, 0.1) is 29.7 Å². The minimum absolute atomic E-state index is 0.0610. The molecule has 2 fully saturated rings. The molecule has 2 saturated heterocycles. The maximum absolute atomic E-state index is 13.7. The Morgan fingerprint density at radius 3 is 2.60 bits per heavy atom. The number of hydrogen-bond acceptors (Lipinski definition) is 12. The number of oxazole rings is 1. The number of piperidine rings is 1. The first-order chi connectivity index (χ1) is 22.4. The molecule has 6 rings (SSSR count). The van der Waals surface area contributed by atoms with Crippen molar-refractivity contribution in [2.24, 2.45) is 0 Å². The molecule has 2 N–H and O–H groups in total. The minimum atomic E-state index is -1.99. The lowest BCUT2D eigenvalue weighted by Gasteiger charge is -2.42. The van der Waals surface area contributed by atoms with E-state index in [-0.39, 0.29) is 28.6 Å². The van der Waals surface area contributed by atoms with E-state index in [0.29, 0.717) is 48.3 Å². The fourth-order valence-corrected chi connectivity index (χ4v) is 7.77. The van der Waals surface area contributed by atoms with Crippen molar-refractivity contribution in [3.05, 3.63) is 36.4 Å². The third-order valence-electron chi connectivity index (χ3n) is 8.87. The number of ether oxygens (including phenoxy) is 1. The monoisotopic (exact) mass is 678 g/mol. The summed E-state index contributed by atoms with van der Waals surface area (Å²) >= 11 is 1.55. The number of nitrogens with one attached hydrogen (secondary N) is 2. The number of thiazole rings is 1. The van der Waals surface area contributed by atoms with Crippen molar-refractivity contribution >= 4 is 64.3 Å². The summed E-state index contributed by atoms with van der Waals surface area (Å²) < 4.78 is 18.9. The normalized spacial score (nSPS) is 17.6. The van der Waals surface area contributed by atoms with Crippen LogP contribution < -0.4 is 20.4 Å². The molecule has 15 heteroatoms. The van der Waals surface area contributed by atoms with Crippen LogP contribution in [0.4, 0.5) is 22.5 Å². The Hall–Kier alpha value is -3.92. The van der Waals surface area contributed by atoms with Crippen LogP contribution in [0.15, 0.2) is 35.1 Å². The third kappa shape index (κ3) is 7.48. The van der Waals surface area contributed by atoms with Crippen LogP contribution in [0, 0.1) is 0 Å². The second-order valence-electron chi connectivity index (χ2n) is 13.5. The van der Waals surface area contributed by atoms with E-state index in [2.05, 4.69) is 64.3 Å². The number of anilines is 4. The van der Waals surface area contributed by atoms with Crippen LogP contribution in [0.2, 0.25) is 18.1 Å². The van der Waals surface area contributed by atoms with Gasteiger partial charge in [-0.15, -0.1) is 0 Å². The predicted octanol–water partition coefficient (Wildman–Crippen LogP) is 5.78. The van der Waals surface area contributed by atoms with Crippen molar-refractivity contribution in [1.29, 1.82) is 0 Å². The quantitative estimate of drug-likeness (QED) is 0.219. The summed E-state index contributed by atoms with van der Waals surface area (Å²) in [7, 11) is -1.99. The Labute approximate surface area is 279 Å². The molecule has 2 aliphatic heterocycles. The zero-order valence-corrected chi connectivity index (χ0v) is 29.6. The zero-order chi connectivity index (χ0) is 33.3. The van der Waals surface area contributed by atoms with Gasteiger partial charge in [-0.1, -0.05) is 32.1 Å². The van der Waals surface area contributed by atoms with Crippen LogP contribution in [-0.4, -0.2) is 85.6 Å². The second-order valence-corrected chi connectivity index (χ2v) is 19.2. The van der Waals surface area contributed by atoms with Gasteiger partial charge in [0.15, 0.2) is 30.6 Å². The molecule has 0 bridgehead atoms. The Morgan fingerprint density at radius 2 is 1.85 bits per heavy atom. The summed E-state index contributed by atoms with van der Waals surface area (Å²) in [5.74, 6) is 0.584. The summed E-state index contributed by atoms with van der Waals surface area (Å²) in [6.45, 7) is 17.0. The summed E-state index contributed by atoms with van der Waals surface area (Å²) in [4.78, 5) is 48.1. The van der Waals surface area contributed by atoms with Crippen LogP contribution in [0.3, 0.4) is 0 Å². The topological polar surface area (TPSA) is 148 Å². The van der Waals surface area contributed by atoms with E-state index in [0.717, 1.165) is 42.3 Å². The fourth-order valence-electron chi connectivity index (χ4n) is 5.40. The van der Waals surface area contributed by atoms with Gasteiger partial charge in [0.1, 0.15) is 12.1 Å². The summed E-state index contributed by atoms with van der Waals surface area (Å²) in [5, 5.41) is 6.70. The van der Waals surface area contributed by atoms with Crippen LogP contribution in [-0.2, 0) is 14.0 Å². The van der Waals surface area contributed by atoms with Gasteiger partial charge < -0.3 is 34.0 Å². The maximum atomic E-state index is 13.7. The summed E-state index contributed by atoms with van der Waals surface area (Å²) in [6.07, 6.45) is 4.85. The van der Waals surface area contributed by atoms with Crippen LogP contribution >= 0.6 is 11.3 Å². The number of nitrogens with zero attached hydrogens (tertiary/aromatic N) is 6. The highest BCUT2D eigenvalue weighted by molar-refractivity contribution is 7.22. The van der Waals surface area contributed by atoms with E-state index in [9.17, 15) is 9.59 Å². The molecule has 4 aromatic rings. The smallest absolute Gasteiger partial charge is 0.277 e. The number of rotatable bonds is 8. The standard InChI is InChI=1S/C32H42N8O5SSi/c1-20(41)34-26-16-21(9-10-33-26)30-36-24(19-44-30)29(42)35-23-17-25-27(38-31(46-25)39-12-14-43-15-13-39)37-28(23)40-11-7-8-22(18-40)45-47(5,6)32(2,3)4/h9-10,16-17,19,22H,7-8,11-15,18H2,1-6H3,(H,35,42)(H,33,34,41). The molecule has 47 heavy (non-hydrogen) atoms. The molecule has 0 spiro atoms. The number of amides is 2. The molecule has 0 aromatic carbocycles. The predicted molar refractivity (Wildman–Crippen MR) is 186 cm³/mol. The highest BCUT2D eigenvalue weighted by Gasteiger charge is 2.40. The SMILES string of the molecule is CC(=O)Nc1cc(-c2nc(C(=O)Nc3cc4sc(N5CCOCC5)nc4nc3N3CCCC(O[Si](C)(C)C(C)(C)C)C3)co2)ccn1. The highest BCUT2D eigenvalue weighted by Crippen LogP contribution is 2.40. The minimum Gasteiger partial charge on any atom is -0.444 e. The molecule has 4 aromatic heterocycles. The molecular formula is C32H42N8O5SSi. The molecule has 13 nitrogen and oxygen atoms in total. The van der Waals surface area contributed by atoms with Gasteiger partial charge in [0.2, 0.25) is 11.8 Å². The van der Waals surface area contributed by atoms with Crippen molar-refractivity contribution in [2.75, 3.05) is 59.8 Å². The van der Waals surface area contributed by atoms with Crippen LogP contribution in [0.25, 0.3) is 21.8 Å². The molecular weight excluding hydrogens is 637 g/mol. The van der Waals surface area contributed by atoms with Crippen molar-refractivity contribution in [3.8, 4) is 11.5 Å². The summed E-state index contributed by atoms with van der Waals surface area (Å²) in [5.41, 5.74) is 1.91. The molecule has 1 unspecified atom stereocenters. The number of pyridine rings is 2. The fraction of sp³-hybridized carbons (Fsp3) is 0.500. The lowest BCUT2D eigenvalue weighted by Crippen LogP contribution is -2.49. The van der Waals surface area contributed by atoms with E-state index in [1.807, 2.05) is 6.07 Å². The highest BCUT2D eigenvalue weighted by atomic mass is 32.1. The molecule has 1 atom stereocenters. The Kier molecular flexibility index (Phi) is 9.33. The van der Waals surface area contributed by atoms with Gasteiger partial charge in [-0.3, -0.25) is 9.59 Å². The van der Waals surface area contributed by atoms with Crippen LogP contribution in [0.5, 0.6) is 0 Å². The first-order valence-electron chi connectivity index (χ1n) is 15.9. The van der Waals surface area contributed by atoms with E-state index in [4.69, 9.17) is 23.5 Å². The van der Waals surface area contributed by atoms with E-state index in [1.54, 1.807) is 29.7 Å². The number of morpholine rings is 1. The van der Waals surface area contributed by atoms with Gasteiger partial charge in [-0.2, -0.15) is 4.98 Å². The molecule has 0 aliphatic carbocycles.